The highest BCUT2D eigenvalue weighted by atomic mass is 32.1. The van der Waals surface area contributed by atoms with Gasteiger partial charge in [-0.15, -0.1) is 11.3 Å². The van der Waals surface area contributed by atoms with Gasteiger partial charge in [0.05, 0.1) is 4.92 Å². The summed E-state index contributed by atoms with van der Waals surface area (Å²) in [5.74, 6) is 0. The Labute approximate surface area is 137 Å². The lowest BCUT2D eigenvalue weighted by Crippen LogP contribution is -2.00. The number of nitrogens with zero attached hydrogens (tertiary/aromatic N) is 2. The Morgan fingerprint density at radius 2 is 2.13 bits per heavy atom. The Morgan fingerprint density at radius 3 is 2.87 bits per heavy atom. The van der Waals surface area contributed by atoms with E-state index in [1.54, 1.807) is 29.7 Å². The maximum absolute atomic E-state index is 10.8. The Kier molecular flexibility index (Phi) is 4.34. The number of non-ortho nitro benzene ring substituents is 1. The molecule has 2 heterocycles. The number of anilines is 1. The third-order valence-corrected chi connectivity index (χ3v) is 4.57. The standard InChI is InChI=1S/C17H15N3O2S/c1-12-16(9-17(23-12)14-5-3-7-18-11-14)19-10-13-4-2-6-15(8-13)20(21)22/h2-9,11,19H,10H2,1H3. The van der Waals surface area contributed by atoms with Crippen molar-refractivity contribution in [2.75, 3.05) is 5.32 Å². The van der Waals surface area contributed by atoms with Crippen LogP contribution < -0.4 is 5.32 Å². The van der Waals surface area contributed by atoms with Gasteiger partial charge in [0, 0.05) is 52.1 Å². The highest BCUT2D eigenvalue weighted by molar-refractivity contribution is 7.16. The summed E-state index contributed by atoms with van der Waals surface area (Å²) in [7, 11) is 0. The molecule has 0 amide bonds. The van der Waals surface area contributed by atoms with Gasteiger partial charge in [-0.25, -0.2) is 0 Å². The highest BCUT2D eigenvalue weighted by Crippen LogP contribution is 2.34. The minimum Gasteiger partial charge on any atom is -0.380 e. The molecule has 0 aliphatic carbocycles. The highest BCUT2D eigenvalue weighted by Gasteiger charge is 2.09. The predicted octanol–water partition coefficient (Wildman–Crippen LogP) is 4.64. The van der Waals surface area contributed by atoms with Crippen molar-refractivity contribution in [1.29, 1.82) is 0 Å². The van der Waals surface area contributed by atoms with E-state index >= 15 is 0 Å². The second-order valence-corrected chi connectivity index (χ2v) is 6.36. The summed E-state index contributed by atoms with van der Waals surface area (Å²) >= 11 is 1.70. The molecule has 0 fully saturated rings. The number of pyridine rings is 1. The van der Waals surface area contributed by atoms with E-state index < -0.39 is 0 Å². The van der Waals surface area contributed by atoms with Crippen LogP contribution in [0.25, 0.3) is 10.4 Å². The predicted molar refractivity (Wildman–Crippen MR) is 92.7 cm³/mol. The van der Waals surface area contributed by atoms with Gasteiger partial charge in [0.15, 0.2) is 0 Å². The molecule has 0 aliphatic rings. The summed E-state index contributed by atoms with van der Waals surface area (Å²) in [6, 6.07) is 12.7. The zero-order valence-electron chi connectivity index (χ0n) is 12.5. The molecule has 23 heavy (non-hydrogen) atoms. The van der Waals surface area contributed by atoms with Crippen LogP contribution in [-0.4, -0.2) is 9.91 Å². The molecular formula is C17H15N3O2S. The minimum absolute atomic E-state index is 0.113. The van der Waals surface area contributed by atoms with E-state index in [-0.39, 0.29) is 10.6 Å². The van der Waals surface area contributed by atoms with Crippen LogP contribution in [0.1, 0.15) is 10.4 Å². The monoisotopic (exact) mass is 325 g/mol. The van der Waals surface area contributed by atoms with Crippen molar-refractivity contribution in [3.05, 3.63) is 75.4 Å². The molecule has 0 atom stereocenters. The molecule has 0 spiro atoms. The van der Waals surface area contributed by atoms with Crippen LogP contribution in [0.3, 0.4) is 0 Å². The van der Waals surface area contributed by atoms with Crippen LogP contribution >= 0.6 is 11.3 Å². The van der Waals surface area contributed by atoms with Crippen LogP contribution in [0.15, 0.2) is 54.9 Å². The molecule has 0 radical (unpaired) electrons. The van der Waals surface area contributed by atoms with Gasteiger partial charge in [0.1, 0.15) is 0 Å². The fourth-order valence-corrected chi connectivity index (χ4v) is 3.27. The molecule has 1 aromatic carbocycles. The molecule has 0 saturated carbocycles. The maximum atomic E-state index is 10.8. The van der Waals surface area contributed by atoms with Crippen molar-refractivity contribution in [3.8, 4) is 10.4 Å². The Morgan fingerprint density at radius 1 is 1.26 bits per heavy atom. The first kappa shape index (κ1) is 15.2. The Hall–Kier alpha value is -2.73. The van der Waals surface area contributed by atoms with Crippen molar-refractivity contribution < 1.29 is 4.92 Å². The summed E-state index contributed by atoms with van der Waals surface area (Å²) in [6.45, 7) is 2.60. The van der Waals surface area contributed by atoms with Crippen molar-refractivity contribution in [2.24, 2.45) is 0 Å². The molecule has 3 aromatic rings. The molecule has 116 valence electrons. The fourth-order valence-electron chi connectivity index (χ4n) is 2.29. The molecule has 0 unspecified atom stereocenters. The number of thiophene rings is 1. The van der Waals surface area contributed by atoms with Crippen LogP contribution in [-0.2, 0) is 6.54 Å². The van der Waals surface area contributed by atoms with Crippen LogP contribution in [0.2, 0.25) is 0 Å². The van der Waals surface area contributed by atoms with Crippen molar-refractivity contribution in [1.82, 2.24) is 4.98 Å². The largest absolute Gasteiger partial charge is 0.380 e. The number of hydrogen-bond donors (Lipinski definition) is 1. The molecular weight excluding hydrogens is 310 g/mol. The summed E-state index contributed by atoms with van der Waals surface area (Å²) in [4.78, 5) is 16.9. The number of nitrogens with one attached hydrogen (secondary N) is 1. The average molecular weight is 325 g/mol. The number of rotatable bonds is 5. The van der Waals surface area contributed by atoms with Crippen molar-refractivity contribution in [2.45, 2.75) is 13.5 Å². The number of benzene rings is 1. The summed E-state index contributed by atoms with van der Waals surface area (Å²) in [6.07, 6.45) is 3.60. The summed E-state index contributed by atoms with van der Waals surface area (Å²) in [5, 5.41) is 14.2. The van der Waals surface area contributed by atoms with Crippen molar-refractivity contribution >= 4 is 22.7 Å². The van der Waals surface area contributed by atoms with Crippen LogP contribution in [0.4, 0.5) is 11.4 Å². The first-order valence-electron chi connectivity index (χ1n) is 7.11. The van der Waals surface area contributed by atoms with Gasteiger partial charge in [-0.2, -0.15) is 0 Å². The Bertz CT molecular complexity index is 831. The van der Waals surface area contributed by atoms with E-state index in [2.05, 4.69) is 23.3 Å². The lowest BCUT2D eigenvalue weighted by molar-refractivity contribution is -0.384. The number of hydrogen-bond acceptors (Lipinski definition) is 5. The third kappa shape index (κ3) is 3.54. The second kappa shape index (κ2) is 6.58. The lowest BCUT2D eigenvalue weighted by atomic mass is 10.2. The minimum atomic E-state index is -0.375. The zero-order chi connectivity index (χ0) is 16.2. The Balaban J connectivity index is 1.75. The summed E-state index contributed by atoms with van der Waals surface area (Å²) < 4.78 is 0. The number of aromatic nitrogens is 1. The topological polar surface area (TPSA) is 68.1 Å². The average Bonchev–Trinajstić information content (AvgIpc) is 2.95. The molecule has 0 bridgehead atoms. The second-order valence-electron chi connectivity index (χ2n) is 5.10. The van der Waals surface area contributed by atoms with Gasteiger partial charge in [-0.05, 0) is 24.6 Å². The zero-order valence-corrected chi connectivity index (χ0v) is 13.3. The van der Waals surface area contributed by atoms with E-state index in [4.69, 9.17) is 0 Å². The number of nitro benzene ring substituents is 1. The summed E-state index contributed by atoms with van der Waals surface area (Å²) in [5.41, 5.74) is 3.12. The van der Waals surface area contributed by atoms with Crippen molar-refractivity contribution in [3.63, 3.8) is 0 Å². The van der Waals surface area contributed by atoms with Gasteiger partial charge in [-0.1, -0.05) is 18.2 Å². The smallest absolute Gasteiger partial charge is 0.269 e. The molecule has 3 rings (SSSR count). The quantitative estimate of drug-likeness (QED) is 0.548. The van der Waals surface area contributed by atoms with Gasteiger partial charge in [0.25, 0.3) is 5.69 Å². The van der Waals surface area contributed by atoms with Gasteiger partial charge >= 0.3 is 0 Å². The molecule has 0 aliphatic heterocycles. The van der Waals surface area contributed by atoms with Gasteiger partial charge < -0.3 is 5.32 Å². The molecule has 5 nitrogen and oxygen atoms in total. The number of nitro groups is 1. The molecule has 1 N–H and O–H groups in total. The first-order chi connectivity index (χ1) is 11.1. The van der Waals surface area contributed by atoms with Gasteiger partial charge in [-0.3, -0.25) is 15.1 Å². The van der Waals surface area contributed by atoms with E-state index in [1.807, 2.05) is 24.4 Å². The van der Waals surface area contributed by atoms with E-state index in [9.17, 15) is 10.1 Å². The van der Waals surface area contributed by atoms with E-state index in [0.29, 0.717) is 6.54 Å². The first-order valence-corrected chi connectivity index (χ1v) is 7.93. The lowest BCUT2D eigenvalue weighted by Gasteiger charge is -2.05. The van der Waals surface area contributed by atoms with Gasteiger partial charge in [0.2, 0.25) is 0 Å². The third-order valence-electron chi connectivity index (χ3n) is 3.47. The normalized spacial score (nSPS) is 10.5. The van der Waals surface area contributed by atoms with Crippen LogP contribution in [0.5, 0.6) is 0 Å². The maximum Gasteiger partial charge on any atom is 0.269 e. The SMILES string of the molecule is Cc1sc(-c2cccnc2)cc1NCc1cccc([N+](=O)[O-])c1. The van der Waals surface area contributed by atoms with E-state index in [0.717, 1.165) is 21.7 Å². The van der Waals surface area contributed by atoms with E-state index in [1.165, 1.54) is 10.9 Å². The van der Waals surface area contributed by atoms with Crippen LogP contribution in [0, 0.1) is 17.0 Å². The number of aryl methyl sites for hydroxylation is 1. The molecule has 0 saturated heterocycles. The molecule has 6 heteroatoms. The fraction of sp³-hybridized carbons (Fsp3) is 0.118. The molecule has 2 aromatic heterocycles.